The molecular weight excluding hydrogens is 222 g/mol. The highest BCUT2D eigenvalue weighted by Crippen LogP contribution is 2.18. The largest absolute Gasteiger partial charge is 0.383 e. The van der Waals surface area contributed by atoms with E-state index in [1.165, 1.54) is 11.3 Å². The van der Waals surface area contributed by atoms with E-state index >= 15 is 0 Å². The molecule has 0 aliphatic heterocycles. The molecule has 1 rings (SSSR count). The smallest absolute Gasteiger partial charge is 0.198 e. The van der Waals surface area contributed by atoms with Gasteiger partial charge in [-0.15, -0.1) is 0 Å². The van der Waals surface area contributed by atoms with Crippen molar-refractivity contribution in [3.63, 3.8) is 0 Å². The summed E-state index contributed by atoms with van der Waals surface area (Å²) in [5, 5.41) is 3.96. The average Bonchev–Trinajstić information content (AvgIpc) is 2.71. The minimum Gasteiger partial charge on any atom is -0.383 e. The van der Waals surface area contributed by atoms with E-state index in [1.54, 1.807) is 18.5 Å². The van der Waals surface area contributed by atoms with E-state index < -0.39 is 0 Å². The molecule has 1 aromatic rings. The Labute approximate surface area is 100.0 Å². The maximum atomic E-state index is 11.7. The highest BCUT2D eigenvalue weighted by atomic mass is 32.1. The fourth-order valence-electron chi connectivity index (χ4n) is 1.00. The number of nitrogens with one attached hydrogen (secondary N) is 1. The Morgan fingerprint density at radius 3 is 3.00 bits per heavy atom. The Kier molecular flexibility index (Phi) is 4.98. The van der Waals surface area contributed by atoms with Crippen LogP contribution in [0.4, 0.5) is 5.13 Å². The molecule has 0 saturated carbocycles. The molecule has 1 heterocycles. The van der Waals surface area contributed by atoms with Crippen molar-refractivity contribution in [3.8, 4) is 0 Å². The Balaban J connectivity index is 2.59. The molecular formula is C11H17N3OS. The zero-order chi connectivity index (χ0) is 12.0. The second kappa shape index (κ2) is 6.27. The van der Waals surface area contributed by atoms with E-state index in [0.29, 0.717) is 4.88 Å². The lowest BCUT2D eigenvalue weighted by atomic mass is 10.3. The van der Waals surface area contributed by atoms with Gasteiger partial charge in [0.05, 0.1) is 11.1 Å². The van der Waals surface area contributed by atoms with E-state index in [4.69, 9.17) is 0 Å². The van der Waals surface area contributed by atoms with Crippen LogP contribution in [0.5, 0.6) is 0 Å². The van der Waals surface area contributed by atoms with Crippen LogP contribution in [0.25, 0.3) is 0 Å². The molecule has 5 heteroatoms. The topological polar surface area (TPSA) is 45.2 Å². The zero-order valence-corrected chi connectivity index (χ0v) is 10.7. The predicted octanol–water partition coefficient (Wildman–Crippen LogP) is 2.22. The summed E-state index contributed by atoms with van der Waals surface area (Å²) in [6, 6.07) is 0. The van der Waals surface area contributed by atoms with Gasteiger partial charge in [0.2, 0.25) is 0 Å². The number of carbonyl (C=O) groups is 1. The van der Waals surface area contributed by atoms with E-state index in [9.17, 15) is 4.79 Å². The number of ketones is 1. The van der Waals surface area contributed by atoms with Gasteiger partial charge in [0, 0.05) is 32.9 Å². The van der Waals surface area contributed by atoms with Gasteiger partial charge in [0.15, 0.2) is 10.9 Å². The molecule has 88 valence electrons. The van der Waals surface area contributed by atoms with Crippen LogP contribution in [0.1, 0.15) is 23.0 Å². The minimum absolute atomic E-state index is 0.00394. The normalized spacial score (nSPS) is 10.7. The van der Waals surface area contributed by atoms with Gasteiger partial charge in [0.25, 0.3) is 0 Å². The number of thiazole rings is 1. The summed E-state index contributed by atoms with van der Waals surface area (Å²) >= 11 is 1.39. The Hall–Kier alpha value is -1.36. The van der Waals surface area contributed by atoms with Gasteiger partial charge in [0.1, 0.15) is 0 Å². The molecule has 0 spiro atoms. The van der Waals surface area contributed by atoms with Gasteiger partial charge in [-0.1, -0.05) is 18.3 Å². The van der Waals surface area contributed by atoms with Gasteiger partial charge >= 0.3 is 0 Å². The molecule has 4 nitrogen and oxygen atoms in total. The Morgan fingerprint density at radius 2 is 2.38 bits per heavy atom. The molecule has 0 aromatic carbocycles. The third-order valence-electron chi connectivity index (χ3n) is 1.80. The van der Waals surface area contributed by atoms with E-state index in [-0.39, 0.29) is 5.78 Å². The number of allylic oxidation sites excluding steroid dienone is 1. The Bertz CT molecular complexity index is 371. The summed E-state index contributed by atoms with van der Waals surface area (Å²) < 4.78 is 0. The van der Waals surface area contributed by atoms with Crippen LogP contribution in [0.3, 0.4) is 0 Å². The number of nitrogens with zero attached hydrogens (tertiary/aromatic N) is 2. The lowest BCUT2D eigenvalue weighted by molar-refractivity contribution is 0.104. The molecule has 0 aliphatic carbocycles. The number of rotatable bonds is 6. The molecule has 1 N–H and O–H groups in total. The lowest BCUT2D eigenvalue weighted by Gasteiger charge is -2.01. The first kappa shape index (κ1) is 12.7. The second-order valence-corrected chi connectivity index (χ2v) is 4.63. The maximum Gasteiger partial charge on any atom is 0.198 e. The molecule has 0 amide bonds. The molecule has 0 atom stereocenters. The number of hydrogen-bond acceptors (Lipinski definition) is 5. The first-order chi connectivity index (χ1) is 7.63. The first-order valence-electron chi connectivity index (χ1n) is 5.22. The van der Waals surface area contributed by atoms with Crippen molar-refractivity contribution in [1.82, 2.24) is 9.88 Å². The van der Waals surface area contributed by atoms with Crippen LogP contribution in [-0.2, 0) is 0 Å². The number of hydrogen-bond donors (Lipinski definition) is 1. The van der Waals surface area contributed by atoms with Crippen molar-refractivity contribution in [1.29, 1.82) is 0 Å². The number of carbonyl (C=O) groups excluding carboxylic acids is 1. The first-order valence-corrected chi connectivity index (χ1v) is 6.03. The maximum absolute atomic E-state index is 11.7. The quantitative estimate of drug-likeness (QED) is 0.611. The van der Waals surface area contributed by atoms with Gasteiger partial charge < -0.3 is 10.2 Å². The lowest BCUT2D eigenvalue weighted by Crippen LogP contribution is -2.02. The monoisotopic (exact) mass is 239 g/mol. The number of anilines is 1. The van der Waals surface area contributed by atoms with Crippen LogP contribution < -0.4 is 5.32 Å². The molecule has 0 saturated heterocycles. The molecule has 0 unspecified atom stereocenters. The highest BCUT2D eigenvalue weighted by Gasteiger charge is 2.07. The third-order valence-corrected chi connectivity index (χ3v) is 2.77. The Morgan fingerprint density at radius 1 is 1.62 bits per heavy atom. The summed E-state index contributed by atoms with van der Waals surface area (Å²) in [6.45, 7) is 2.97. The summed E-state index contributed by atoms with van der Waals surface area (Å²) in [4.78, 5) is 18.3. The van der Waals surface area contributed by atoms with Crippen molar-refractivity contribution >= 4 is 22.3 Å². The van der Waals surface area contributed by atoms with Crippen LogP contribution in [0.15, 0.2) is 18.5 Å². The van der Waals surface area contributed by atoms with Crippen LogP contribution >= 0.6 is 11.3 Å². The fourth-order valence-corrected chi connectivity index (χ4v) is 1.76. The van der Waals surface area contributed by atoms with Gasteiger partial charge in [-0.2, -0.15) is 0 Å². The summed E-state index contributed by atoms with van der Waals surface area (Å²) in [5.41, 5.74) is 0. The predicted molar refractivity (Wildman–Crippen MR) is 68.1 cm³/mol. The van der Waals surface area contributed by atoms with Gasteiger partial charge in [-0.25, -0.2) is 4.98 Å². The van der Waals surface area contributed by atoms with Crippen molar-refractivity contribution in [2.24, 2.45) is 0 Å². The standard InChI is InChI=1S/C11H17N3OS/c1-4-6-12-11-13-8-10(16-11)9(15)5-7-14(2)3/h5,7-8H,4,6H2,1-3H3,(H,12,13). The third kappa shape index (κ3) is 4.02. The van der Waals surface area contributed by atoms with Crippen LogP contribution in [-0.4, -0.2) is 36.3 Å². The van der Waals surface area contributed by atoms with Crippen LogP contribution in [0, 0.1) is 0 Å². The van der Waals surface area contributed by atoms with Crippen molar-refractivity contribution in [2.75, 3.05) is 26.0 Å². The molecule has 1 aromatic heterocycles. The molecule has 16 heavy (non-hydrogen) atoms. The van der Waals surface area contributed by atoms with E-state index in [2.05, 4.69) is 17.2 Å². The molecule has 0 bridgehead atoms. The minimum atomic E-state index is -0.00394. The summed E-state index contributed by atoms with van der Waals surface area (Å²) in [7, 11) is 3.76. The van der Waals surface area contributed by atoms with Crippen molar-refractivity contribution < 1.29 is 4.79 Å². The van der Waals surface area contributed by atoms with Gasteiger partial charge in [-0.3, -0.25) is 4.79 Å². The average molecular weight is 239 g/mol. The van der Waals surface area contributed by atoms with E-state index in [0.717, 1.165) is 18.1 Å². The van der Waals surface area contributed by atoms with Crippen molar-refractivity contribution in [3.05, 3.63) is 23.3 Å². The van der Waals surface area contributed by atoms with Crippen LogP contribution in [0.2, 0.25) is 0 Å². The number of aromatic nitrogens is 1. The molecule has 0 aliphatic rings. The molecule has 0 fully saturated rings. The SMILES string of the molecule is CCCNc1ncc(C(=O)C=CN(C)C)s1. The highest BCUT2D eigenvalue weighted by molar-refractivity contribution is 7.17. The summed E-state index contributed by atoms with van der Waals surface area (Å²) in [6.07, 6.45) is 5.95. The zero-order valence-electron chi connectivity index (χ0n) is 9.86. The summed E-state index contributed by atoms with van der Waals surface area (Å²) in [5.74, 6) is -0.00394. The molecule has 0 radical (unpaired) electrons. The van der Waals surface area contributed by atoms with Gasteiger partial charge in [-0.05, 0) is 6.42 Å². The van der Waals surface area contributed by atoms with E-state index in [1.807, 2.05) is 19.0 Å². The van der Waals surface area contributed by atoms with Crippen molar-refractivity contribution in [2.45, 2.75) is 13.3 Å². The second-order valence-electron chi connectivity index (χ2n) is 3.60. The fraction of sp³-hybridized carbons (Fsp3) is 0.455.